The molecule has 1 aromatic carbocycles. The Kier molecular flexibility index (Phi) is 4.24. The molecule has 0 aliphatic rings. The number of aromatic nitrogens is 1. The van der Waals surface area contributed by atoms with Gasteiger partial charge in [0.15, 0.2) is 11.5 Å². The number of nitrogens with zero attached hydrogens (tertiary/aromatic N) is 1. The minimum Gasteiger partial charge on any atom is -0.493 e. The Bertz CT molecular complexity index is 672. The maximum absolute atomic E-state index is 10.8. The first-order valence-electron chi connectivity index (χ1n) is 5.99. The van der Waals surface area contributed by atoms with Crippen LogP contribution in [0.3, 0.4) is 0 Å². The fourth-order valence-electron chi connectivity index (χ4n) is 1.67. The molecular formula is C14H14N2O5. The lowest BCUT2D eigenvalue weighted by Gasteiger charge is -2.12. The fraction of sp³-hybridized carbons (Fsp3) is 0.143. The lowest BCUT2D eigenvalue weighted by atomic mass is 10.2. The van der Waals surface area contributed by atoms with Crippen molar-refractivity contribution in [2.75, 3.05) is 12.8 Å². The van der Waals surface area contributed by atoms with Gasteiger partial charge in [-0.25, -0.2) is 9.78 Å². The molecule has 0 radical (unpaired) electrons. The lowest BCUT2D eigenvalue weighted by Crippen LogP contribution is -2.02. The van der Waals surface area contributed by atoms with Crippen LogP contribution in [0, 0.1) is 0 Å². The molecule has 7 heteroatoms. The van der Waals surface area contributed by atoms with Gasteiger partial charge in [0.1, 0.15) is 0 Å². The van der Waals surface area contributed by atoms with Gasteiger partial charge in [-0.2, -0.15) is 0 Å². The number of carbonyl (C=O) groups is 1. The number of aliphatic hydroxyl groups excluding tert-OH is 1. The van der Waals surface area contributed by atoms with Crippen LogP contribution in [0.1, 0.15) is 15.9 Å². The molecule has 0 spiro atoms. The number of pyridine rings is 1. The molecule has 1 aromatic heterocycles. The van der Waals surface area contributed by atoms with Crippen molar-refractivity contribution in [3.8, 4) is 17.4 Å². The number of carboxylic acids is 1. The summed E-state index contributed by atoms with van der Waals surface area (Å²) in [6.07, 6.45) is 1.16. The van der Waals surface area contributed by atoms with Gasteiger partial charge in [-0.1, -0.05) is 6.07 Å². The summed E-state index contributed by atoms with van der Waals surface area (Å²) in [6.45, 7) is -0.121. The zero-order valence-electron chi connectivity index (χ0n) is 11.2. The number of anilines is 1. The number of ether oxygens (including phenoxy) is 2. The van der Waals surface area contributed by atoms with Gasteiger partial charge in [0.05, 0.1) is 25.0 Å². The summed E-state index contributed by atoms with van der Waals surface area (Å²) in [5.41, 5.74) is 6.47. The summed E-state index contributed by atoms with van der Waals surface area (Å²) >= 11 is 0. The van der Waals surface area contributed by atoms with Crippen LogP contribution in [-0.2, 0) is 6.61 Å². The van der Waals surface area contributed by atoms with E-state index in [1.807, 2.05) is 0 Å². The molecule has 2 rings (SSSR count). The van der Waals surface area contributed by atoms with Crippen LogP contribution >= 0.6 is 0 Å². The van der Waals surface area contributed by atoms with E-state index in [-0.39, 0.29) is 23.7 Å². The number of carboxylic acid groups (broad SMARTS) is 1. The minimum atomic E-state index is -1.12. The molecule has 1 heterocycles. The Morgan fingerprint density at radius 1 is 1.33 bits per heavy atom. The molecule has 2 aromatic rings. The molecule has 0 aliphatic carbocycles. The van der Waals surface area contributed by atoms with Crippen LogP contribution in [-0.4, -0.2) is 28.3 Å². The van der Waals surface area contributed by atoms with E-state index in [1.54, 1.807) is 18.2 Å². The van der Waals surface area contributed by atoms with Gasteiger partial charge in [-0.3, -0.25) is 0 Å². The maximum Gasteiger partial charge on any atom is 0.337 e. The van der Waals surface area contributed by atoms with Crippen LogP contribution in [0.25, 0.3) is 0 Å². The molecule has 0 aliphatic heterocycles. The number of benzene rings is 1. The average molecular weight is 290 g/mol. The third-order valence-electron chi connectivity index (χ3n) is 2.74. The summed E-state index contributed by atoms with van der Waals surface area (Å²) in [7, 11) is 1.47. The zero-order valence-corrected chi connectivity index (χ0v) is 11.2. The number of methoxy groups -OCH3 is 1. The van der Waals surface area contributed by atoms with Crippen LogP contribution in [0.15, 0.2) is 30.5 Å². The minimum absolute atomic E-state index is 0.0255. The number of rotatable bonds is 5. The number of nitrogens with two attached hydrogens (primary N) is 1. The predicted octanol–water partition coefficient (Wildman–Crippen LogP) is 1.66. The highest BCUT2D eigenvalue weighted by molar-refractivity contribution is 5.88. The molecule has 7 nitrogen and oxygen atoms in total. The SMILES string of the molecule is COc1cc(CO)ccc1Oc1ncc(C(=O)O)cc1N. The van der Waals surface area contributed by atoms with Crippen molar-refractivity contribution in [1.82, 2.24) is 4.98 Å². The summed E-state index contributed by atoms with van der Waals surface area (Å²) in [6, 6.07) is 6.16. The Labute approximate surface area is 120 Å². The van der Waals surface area contributed by atoms with Gasteiger partial charge in [-0.05, 0) is 23.8 Å². The molecule has 0 bridgehead atoms. The molecule has 0 fully saturated rings. The third-order valence-corrected chi connectivity index (χ3v) is 2.74. The molecule has 21 heavy (non-hydrogen) atoms. The van der Waals surface area contributed by atoms with E-state index < -0.39 is 5.97 Å². The molecule has 110 valence electrons. The number of hydrogen-bond donors (Lipinski definition) is 3. The van der Waals surface area contributed by atoms with Gasteiger partial charge < -0.3 is 25.4 Å². The van der Waals surface area contributed by atoms with Crippen molar-refractivity contribution >= 4 is 11.7 Å². The van der Waals surface area contributed by atoms with E-state index >= 15 is 0 Å². The standard InChI is InChI=1S/C14H14N2O5/c1-20-12-4-8(7-17)2-3-11(12)21-13-10(15)5-9(6-16-13)14(18)19/h2-6,17H,7,15H2,1H3,(H,18,19). The molecule has 0 amide bonds. The van der Waals surface area contributed by atoms with E-state index in [9.17, 15) is 4.79 Å². The highest BCUT2D eigenvalue weighted by Crippen LogP contribution is 2.33. The summed E-state index contributed by atoms with van der Waals surface area (Å²) in [5.74, 6) is -0.275. The molecule has 4 N–H and O–H groups in total. The molecule has 0 atom stereocenters. The number of nitrogen functional groups attached to an aromatic ring is 1. The second-order valence-corrected chi connectivity index (χ2v) is 4.17. The number of aliphatic hydroxyl groups is 1. The zero-order chi connectivity index (χ0) is 15.4. The number of hydrogen-bond acceptors (Lipinski definition) is 6. The molecule has 0 unspecified atom stereocenters. The lowest BCUT2D eigenvalue weighted by molar-refractivity contribution is 0.0696. The second-order valence-electron chi connectivity index (χ2n) is 4.17. The summed E-state index contributed by atoms with van der Waals surface area (Å²) in [4.78, 5) is 14.7. The molecule has 0 saturated heterocycles. The Hall–Kier alpha value is -2.80. The van der Waals surface area contributed by atoms with Crippen molar-refractivity contribution in [2.24, 2.45) is 0 Å². The molecule has 0 saturated carbocycles. The Morgan fingerprint density at radius 3 is 2.67 bits per heavy atom. The molecular weight excluding hydrogens is 276 g/mol. The fourth-order valence-corrected chi connectivity index (χ4v) is 1.67. The first-order valence-corrected chi connectivity index (χ1v) is 5.99. The van der Waals surface area contributed by atoms with Crippen molar-refractivity contribution in [1.29, 1.82) is 0 Å². The van der Waals surface area contributed by atoms with Crippen molar-refractivity contribution < 1.29 is 24.5 Å². The summed E-state index contributed by atoms with van der Waals surface area (Å²) < 4.78 is 10.7. The van der Waals surface area contributed by atoms with Gasteiger partial charge in [0.2, 0.25) is 5.88 Å². The van der Waals surface area contributed by atoms with E-state index in [0.29, 0.717) is 17.1 Å². The highest BCUT2D eigenvalue weighted by atomic mass is 16.5. The van der Waals surface area contributed by atoms with Crippen LogP contribution in [0.4, 0.5) is 5.69 Å². The van der Waals surface area contributed by atoms with Gasteiger partial charge in [0, 0.05) is 6.20 Å². The van der Waals surface area contributed by atoms with Crippen LogP contribution in [0.2, 0.25) is 0 Å². The van der Waals surface area contributed by atoms with Crippen LogP contribution in [0.5, 0.6) is 17.4 Å². The van der Waals surface area contributed by atoms with E-state index in [0.717, 1.165) is 6.20 Å². The predicted molar refractivity (Wildman–Crippen MR) is 74.6 cm³/mol. The van der Waals surface area contributed by atoms with E-state index in [1.165, 1.54) is 13.2 Å². The van der Waals surface area contributed by atoms with Crippen LogP contribution < -0.4 is 15.2 Å². The highest BCUT2D eigenvalue weighted by Gasteiger charge is 2.12. The van der Waals surface area contributed by atoms with Crippen molar-refractivity contribution in [3.05, 3.63) is 41.6 Å². The third kappa shape index (κ3) is 3.21. The van der Waals surface area contributed by atoms with Crippen molar-refractivity contribution in [2.45, 2.75) is 6.61 Å². The van der Waals surface area contributed by atoms with Gasteiger partial charge >= 0.3 is 5.97 Å². The normalized spacial score (nSPS) is 10.2. The largest absolute Gasteiger partial charge is 0.493 e. The van der Waals surface area contributed by atoms with Gasteiger partial charge in [0.25, 0.3) is 0 Å². The number of aromatic carboxylic acids is 1. The Morgan fingerprint density at radius 2 is 2.10 bits per heavy atom. The topological polar surface area (TPSA) is 115 Å². The van der Waals surface area contributed by atoms with E-state index in [2.05, 4.69) is 4.98 Å². The smallest absolute Gasteiger partial charge is 0.337 e. The van der Waals surface area contributed by atoms with Crippen molar-refractivity contribution in [3.63, 3.8) is 0 Å². The second kappa shape index (κ2) is 6.10. The first kappa shape index (κ1) is 14.6. The average Bonchev–Trinajstić information content (AvgIpc) is 2.49. The monoisotopic (exact) mass is 290 g/mol. The quantitative estimate of drug-likeness (QED) is 0.766. The van der Waals surface area contributed by atoms with E-state index in [4.69, 9.17) is 25.4 Å². The first-order chi connectivity index (χ1) is 10.0. The van der Waals surface area contributed by atoms with Gasteiger partial charge in [-0.15, -0.1) is 0 Å². The summed E-state index contributed by atoms with van der Waals surface area (Å²) in [5, 5.41) is 17.9. The maximum atomic E-state index is 10.8. The Balaban J connectivity index is 2.32.